The molecule has 94 valence electrons. The molecule has 0 spiro atoms. The lowest BCUT2D eigenvalue weighted by molar-refractivity contribution is 0.230. The number of nitrogens with one attached hydrogen (secondary N) is 1. The second kappa shape index (κ2) is 6.21. The Morgan fingerprint density at radius 3 is 2.76 bits per heavy atom. The lowest BCUT2D eigenvalue weighted by atomic mass is 9.77. The van der Waals surface area contributed by atoms with E-state index in [2.05, 4.69) is 34.2 Å². The Hall–Kier alpha value is -0.0500. The van der Waals surface area contributed by atoms with Gasteiger partial charge in [0.2, 0.25) is 0 Å². The van der Waals surface area contributed by atoms with Gasteiger partial charge in [-0.05, 0) is 49.4 Å². The molecule has 1 aromatic carbocycles. The molecule has 1 fully saturated rings. The third-order valence-corrected chi connectivity index (χ3v) is 4.45. The highest BCUT2D eigenvalue weighted by Gasteiger charge is 2.29. The fraction of sp³-hybridized carbons (Fsp3) is 0.571. The van der Waals surface area contributed by atoms with E-state index < -0.39 is 0 Å². The van der Waals surface area contributed by atoms with Crippen molar-refractivity contribution in [3.05, 3.63) is 33.3 Å². The number of hydrogen-bond donors (Lipinski definition) is 1. The highest BCUT2D eigenvalue weighted by molar-refractivity contribution is 9.10. The van der Waals surface area contributed by atoms with Gasteiger partial charge in [0, 0.05) is 15.5 Å². The van der Waals surface area contributed by atoms with Crippen molar-refractivity contribution in [3.63, 3.8) is 0 Å². The molecule has 0 amide bonds. The van der Waals surface area contributed by atoms with Crippen LogP contribution >= 0.6 is 27.5 Å². The maximum absolute atomic E-state index is 6.00. The van der Waals surface area contributed by atoms with Crippen LogP contribution in [0.5, 0.6) is 0 Å². The molecule has 1 aliphatic carbocycles. The molecule has 0 radical (unpaired) electrons. The predicted octanol–water partition coefficient (Wildman–Crippen LogP) is 4.94. The van der Waals surface area contributed by atoms with E-state index in [-0.39, 0.29) is 0 Å². The SMILES string of the molecule is CCCNC(c1ccc(Cl)cc1Br)C1CCC1. The lowest BCUT2D eigenvalue weighted by Gasteiger charge is -2.35. The van der Waals surface area contributed by atoms with Crippen LogP contribution in [-0.4, -0.2) is 6.54 Å². The fourth-order valence-electron chi connectivity index (χ4n) is 2.36. The third kappa shape index (κ3) is 3.24. The zero-order valence-electron chi connectivity index (χ0n) is 10.2. The summed E-state index contributed by atoms with van der Waals surface area (Å²) in [5, 5.41) is 4.47. The first-order valence-electron chi connectivity index (χ1n) is 6.40. The Bertz CT molecular complexity index is 376. The molecule has 0 aliphatic heterocycles. The average Bonchev–Trinajstić information content (AvgIpc) is 2.22. The largest absolute Gasteiger partial charge is 0.310 e. The fourth-order valence-corrected chi connectivity index (χ4v) is 3.29. The summed E-state index contributed by atoms with van der Waals surface area (Å²) in [6.45, 7) is 3.29. The van der Waals surface area contributed by atoms with Gasteiger partial charge < -0.3 is 5.32 Å². The molecule has 1 nitrogen and oxygen atoms in total. The van der Waals surface area contributed by atoms with E-state index in [0.29, 0.717) is 6.04 Å². The van der Waals surface area contributed by atoms with Gasteiger partial charge in [0.1, 0.15) is 0 Å². The number of hydrogen-bond acceptors (Lipinski definition) is 1. The van der Waals surface area contributed by atoms with Crippen molar-refractivity contribution in [2.45, 2.75) is 38.6 Å². The van der Waals surface area contributed by atoms with Crippen LogP contribution in [0.2, 0.25) is 5.02 Å². The topological polar surface area (TPSA) is 12.0 Å². The summed E-state index contributed by atoms with van der Waals surface area (Å²) in [5.74, 6) is 0.791. The normalized spacial score (nSPS) is 17.8. The van der Waals surface area contributed by atoms with Gasteiger partial charge in [-0.3, -0.25) is 0 Å². The molecular formula is C14H19BrClN. The Balaban J connectivity index is 2.17. The number of halogens is 2. The minimum Gasteiger partial charge on any atom is -0.310 e. The van der Waals surface area contributed by atoms with Crippen molar-refractivity contribution in [1.29, 1.82) is 0 Å². The van der Waals surface area contributed by atoms with Crippen LogP contribution in [0.25, 0.3) is 0 Å². The molecule has 17 heavy (non-hydrogen) atoms. The van der Waals surface area contributed by atoms with Crippen LogP contribution in [-0.2, 0) is 0 Å². The van der Waals surface area contributed by atoms with Crippen LogP contribution in [0.3, 0.4) is 0 Å². The van der Waals surface area contributed by atoms with Gasteiger partial charge in [-0.2, -0.15) is 0 Å². The monoisotopic (exact) mass is 315 g/mol. The molecule has 1 N–H and O–H groups in total. The first kappa shape index (κ1) is 13.4. The minimum atomic E-state index is 0.482. The molecule has 1 aromatic rings. The molecule has 3 heteroatoms. The molecule has 1 aliphatic rings. The van der Waals surface area contributed by atoms with Crippen molar-refractivity contribution in [2.24, 2.45) is 5.92 Å². The van der Waals surface area contributed by atoms with Crippen LogP contribution < -0.4 is 5.32 Å². The molecule has 0 bridgehead atoms. The minimum absolute atomic E-state index is 0.482. The summed E-state index contributed by atoms with van der Waals surface area (Å²) in [6, 6.07) is 6.62. The average molecular weight is 317 g/mol. The highest BCUT2D eigenvalue weighted by Crippen LogP contribution is 2.40. The number of rotatable bonds is 5. The van der Waals surface area contributed by atoms with E-state index in [1.54, 1.807) is 0 Å². The molecular weight excluding hydrogens is 298 g/mol. The van der Waals surface area contributed by atoms with Crippen LogP contribution in [0.1, 0.15) is 44.2 Å². The molecule has 0 aromatic heterocycles. The Kier molecular flexibility index (Phi) is 4.89. The summed E-state index contributed by atoms with van der Waals surface area (Å²) >= 11 is 9.64. The standard InChI is InChI=1S/C14H19BrClN/c1-2-8-17-14(10-4-3-5-10)12-7-6-11(16)9-13(12)15/h6-7,9-10,14,17H,2-5,8H2,1H3. The van der Waals surface area contributed by atoms with Crippen molar-refractivity contribution in [1.82, 2.24) is 5.32 Å². The van der Waals surface area contributed by atoms with E-state index in [1.165, 1.54) is 31.2 Å². The van der Waals surface area contributed by atoms with Gasteiger partial charge in [0.05, 0.1) is 0 Å². The van der Waals surface area contributed by atoms with E-state index in [4.69, 9.17) is 11.6 Å². The summed E-state index contributed by atoms with van der Waals surface area (Å²) in [7, 11) is 0. The predicted molar refractivity (Wildman–Crippen MR) is 77.5 cm³/mol. The first-order valence-corrected chi connectivity index (χ1v) is 7.57. The first-order chi connectivity index (χ1) is 8.22. The van der Waals surface area contributed by atoms with Crippen LogP contribution in [0.4, 0.5) is 0 Å². The van der Waals surface area contributed by atoms with Crippen molar-refractivity contribution in [3.8, 4) is 0 Å². The van der Waals surface area contributed by atoms with E-state index in [0.717, 1.165) is 22.0 Å². The molecule has 1 unspecified atom stereocenters. The van der Waals surface area contributed by atoms with Gasteiger partial charge in [0.15, 0.2) is 0 Å². The van der Waals surface area contributed by atoms with Gasteiger partial charge in [-0.15, -0.1) is 0 Å². The van der Waals surface area contributed by atoms with Crippen LogP contribution in [0.15, 0.2) is 22.7 Å². The summed E-state index contributed by atoms with van der Waals surface area (Å²) < 4.78 is 1.13. The zero-order chi connectivity index (χ0) is 12.3. The Morgan fingerprint density at radius 1 is 1.47 bits per heavy atom. The molecule has 0 heterocycles. The summed E-state index contributed by atoms with van der Waals surface area (Å²) in [6.07, 6.45) is 5.24. The van der Waals surface area contributed by atoms with E-state index >= 15 is 0 Å². The summed E-state index contributed by atoms with van der Waals surface area (Å²) in [4.78, 5) is 0. The van der Waals surface area contributed by atoms with Crippen molar-refractivity contribution >= 4 is 27.5 Å². The van der Waals surface area contributed by atoms with Gasteiger partial charge in [-0.1, -0.05) is 46.9 Å². The molecule has 1 atom stereocenters. The third-order valence-electron chi connectivity index (χ3n) is 3.53. The Morgan fingerprint density at radius 2 is 2.24 bits per heavy atom. The van der Waals surface area contributed by atoms with E-state index in [9.17, 15) is 0 Å². The lowest BCUT2D eigenvalue weighted by Crippen LogP contribution is -2.32. The maximum atomic E-state index is 6.00. The quantitative estimate of drug-likeness (QED) is 0.811. The van der Waals surface area contributed by atoms with Crippen molar-refractivity contribution in [2.75, 3.05) is 6.54 Å². The zero-order valence-corrected chi connectivity index (χ0v) is 12.5. The molecule has 1 saturated carbocycles. The van der Waals surface area contributed by atoms with Gasteiger partial charge in [0.25, 0.3) is 0 Å². The molecule has 0 saturated heterocycles. The number of benzene rings is 1. The Labute approximate surface area is 117 Å². The summed E-state index contributed by atoms with van der Waals surface area (Å²) in [5.41, 5.74) is 1.35. The van der Waals surface area contributed by atoms with Gasteiger partial charge >= 0.3 is 0 Å². The van der Waals surface area contributed by atoms with Crippen molar-refractivity contribution < 1.29 is 0 Å². The second-order valence-corrected chi connectivity index (χ2v) is 6.08. The highest BCUT2D eigenvalue weighted by atomic mass is 79.9. The smallest absolute Gasteiger partial charge is 0.0417 e. The second-order valence-electron chi connectivity index (χ2n) is 4.79. The molecule has 2 rings (SSSR count). The van der Waals surface area contributed by atoms with E-state index in [1.807, 2.05) is 12.1 Å². The van der Waals surface area contributed by atoms with Gasteiger partial charge in [-0.25, -0.2) is 0 Å². The maximum Gasteiger partial charge on any atom is 0.0417 e. The van der Waals surface area contributed by atoms with Crippen LogP contribution in [0, 0.1) is 5.92 Å².